The smallest absolute Gasteiger partial charge is 0.265 e. The summed E-state index contributed by atoms with van der Waals surface area (Å²) in [4.78, 5) is 19.6. The van der Waals surface area contributed by atoms with Crippen molar-refractivity contribution in [3.8, 4) is 10.6 Å². The van der Waals surface area contributed by atoms with Gasteiger partial charge in [0.1, 0.15) is 15.7 Å². The minimum absolute atomic E-state index is 0.00397. The molecular weight excluding hydrogens is 322 g/mol. The van der Waals surface area contributed by atoms with Crippen molar-refractivity contribution in [1.29, 1.82) is 0 Å². The molecule has 0 saturated heterocycles. The third-order valence-corrected chi connectivity index (χ3v) is 5.02. The Labute approximate surface area is 143 Å². The molecule has 7 heteroatoms. The van der Waals surface area contributed by atoms with Crippen LogP contribution in [-0.4, -0.2) is 32.5 Å². The monoisotopic (exact) mass is 337 g/mol. The van der Waals surface area contributed by atoms with Gasteiger partial charge >= 0.3 is 0 Å². The van der Waals surface area contributed by atoms with Gasteiger partial charge in [0.2, 0.25) is 0 Å². The Morgan fingerprint density at radius 1 is 1.21 bits per heavy atom. The van der Waals surface area contributed by atoms with Crippen molar-refractivity contribution in [3.05, 3.63) is 58.7 Å². The Morgan fingerprint density at radius 3 is 2.88 bits per heavy atom. The van der Waals surface area contributed by atoms with Gasteiger partial charge in [-0.1, -0.05) is 30.3 Å². The van der Waals surface area contributed by atoms with Crippen molar-refractivity contribution in [1.82, 2.24) is 20.1 Å². The van der Waals surface area contributed by atoms with E-state index in [1.54, 1.807) is 12.3 Å². The van der Waals surface area contributed by atoms with Crippen LogP contribution >= 0.6 is 11.3 Å². The van der Waals surface area contributed by atoms with Crippen LogP contribution in [0, 0.1) is 0 Å². The minimum Gasteiger partial charge on any atom is -0.382 e. The molecule has 3 heterocycles. The van der Waals surface area contributed by atoms with Gasteiger partial charge in [0, 0.05) is 25.1 Å². The molecule has 0 unspecified atom stereocenters. The van der Waals surface area contributed by atoms with Crippen molar-refractivity contribution in [3.63, 3.8) is 0 Å². The Hall–Kier alpha value is -2.80. The van der Waals surface area contributed by atoms with Gasteiger partial charge in [0.05, 0.1) is 11.9 Å². The lowest BCUT2D eigenvalue weighted by atomic mass is 10.1. The lowest BCUT2D eigenvalue weighted by molar-refractivity contribution is 0.0738. The highest BCUT2D eigenvalue weighted by atomic mass is 32.1. The van der Waals surface area contributed by atoms with E-state index < -0.39 is 0 Å². The second kappa shape index (κ2) is 6.01. The molecule has 0 fully saturated rings. The molecule has 4 rings (SSSR count). The summed E-state index contributed by atoms with van der Waals surface area (Å²) in [5, 5.41) is 8.83. The maximum atomic E-state index is 12.8. The first-order valence-corrected chi connectivity index (χ1v) is 8.44. The van der Waals surface area contributed by atoms with Crippen LogP contribution in [0.25, 0.3) is 10.6 Å². The number of carbonyl (C=O) groups is 1. The summed E-state index contributed by atoms with van der Waals surface area (Å²) in [6.45, 7) is 1.13. The molecule has 1 aliphatic rings. The normalized spacial score (nSPS) is 13.6. The maximum absolute atomic E-state index is 12.8. The predicted molar refractivity (Wildman–Crippen MR) is 92.4 cm³/mol. The number of hydrogen-bond acceptors (Lipinski definition) is 6. The quantitative estimate of drug-likeness (QED) is 0.776. The number of benzene rings is 1. The molecule has 24 heavy (non-hydrogen) atoms. The number of hydrogen-bond donors (Lipinski definition) is 1. The van der Waals surface area contributed by atoms with Crippen LogP contribution in [0.3, 0.4) is 0 Å². The number of amides is 1. The number of rotatable bonds is 2. The summed E-state index contributed by atoms with van der Waals surface area (Å²) in [6.07, 6.45) is 2.35. The summed E-state index contributed by atoms with van der Waals surface area (Å²) >= 11 is 1.42. The average molecular weight is 337 g/mol. The van der Waals surface area contributed by atoms with E-state index in [1.807, 2.05) is 35.2 Å². The van der Waals surface area contributed by atoms with Crippen LogP contribution in [0.5, 0.6) is 0 Å². The van der Waals surface area contributed by atoms with Crippen molar-refractivity contribution in [2.24, 2.45) is 0 Å². The van der Waals surface area contributed by atoms with Gasteiger partial charge in [-0.05, 0) is 11.6 Å². The Balaban J connectivity index is 1.56. The highest BCUT2D eigenvalue weighted by molar-refractivity contribution is 7.16. The van der Waals surface area contributed by atoms with E-state index in [9.17, 15) is 4.79 Å². The molecule has 0 spiro atoms. The highest BCUT2D eigenvalue weighted by Gasteiger charge is 2.24. The van der Waals surface area contributed by atoms with Gasteiger partial charge in [-0.25, -0.2) is 4.98 Å². The van der Waals surface area contributed by atoms with E-state index in [0.29, 0.717) is 30.2 Å². The lowest BCUT2D eigenvalue weighted by Gasteiger charge is -2.27. The fourth-order valence-electron chi connectivity index (χ4n) is 2.76. The zero-order valence-electron chi connectivity index (χ0n) is 12.8. The molecular formula is C17H15N5OS. The number of nitrogen functional groups attached to an aromatic ring is 1. The second-order valence-corrected chi connectivity index (χ2v) is 6.64. The summed E-state index contributed by atoms with van der Waals surface area (Å²) in [5.41, 5.74) is 8.61. The van der Waals surface area contributed by atoms with E-state index in [-0.39, 0.29) is 5.91 Å². The summed E-state index contributed by atoms with van der Waals surface area (Å²) in [5.74, 6) is 0.378. The van der Waals surface area contributed by atoms with Gasteiger partial charge in [-0.15, -0.1) is 16.4 Å². The van der Waals surface area contributed by atoms with E-state index in [4.69, 9.17) is 5.73 Å². The number of anilines is 1. The Morgan fingerprint density at radius 2 is 2.04 bits per heavy atom. The molecule has 0 bridgehead atoms. The van der Waals surface area contributed by atoms with Crippen molar-refractivity contribution < 1.29 is 4.79 Å². The topological polar surface area (TPSA) is 85.0 Å². The molecule has 1 aromatic carbocycles. The molecule has 3 aromatic rings. The fourth-order valence-corrected chi connectivity index (χ4v) is 3.65. The van der Waals surface area contributed by atoms with Gasteiger partial charge in [0.25, 0.3) is 5.91 Å². The first kappa shape index (κ1) is 14.8. The van der Waals surface area contributed by atoms with Crippen LogP contribution in [0.15, 0.2) is 42.6 Å². The number of aromatic nitrogens is 3. The summed E-state index contributed by atoms with van der Waals surface area (Å²) < 4.78 is 0. The number of nitrogens with two attached hydrogens (primary N) is 1. The molecule has 1 aliphatic heterocycles. The largest absolute Gasteiger partial charge is 0.382 e. The van der Waals surface area contributed by atoms with Crippen LogP contribution in [0.1, 0.15) is 20.9 Å². The second-order valence-electron chi connectivity index (χ2n) is 5.61. The lowest BCUT2D eigenvalue weighted by Crippen LogP contribution is -2.36. The zero-order valence-corrected chi connectivity index (χ0v) is 13.7. The molecule has 6 nitrogen and oxygen atoms in total. The first-order valence-electron chi connectivity index (χ1n) is 7.62. The van der Waals surface area contributed by atoms with Crippen LogP contribution in [0.4, 0.5) is 5.82 Å². The molecule has 0 atom stereocenters. The standard InChI is InChI=1S/C17H15N5OS/c18-15-8-12-10-22(7-6-13(12)20-21-15)17(23)14-9-19-16(24-14)11-4-2-1-3-5-11/h1-5,8-9H,6-7,10H2,(H2,18,21). The number of nitrogens with zero attached hydrogens (tertiary/aromatic N) is 4. The molecule has 120 valence electrons. The average Bonchev–Trinajstić information content (AvgIpc) is 3.11. The SMILES string of the molecule is Nc1cc2c(nn1)CCN(C(=O)c1cnc(-c3ccccc3)s1)C2. The summed E-state index contributed by atoms with van der Waals surface area (Å²) in [6, 6.07) is 11.7. The van der Waals surface area contributed by atoms with Gasteiger partial charge < -0.3 is 10.6 Å². The van der Waals surface area contributed by atoms with Crippen molar-refractivity contribution in [2.75, 3.05) is 12.3 Å². The minimum atomic E-state index is -0.00397. The first-order chi connectivity index (χ1) is 11.7. The van der Waals surface area contributed by atoms with Crippen molar-refractivity contribution >= 4 is 23.1 Å². The number of thiazole rings is 1. The van der Waals surface area contributed by atoms with Crippen LogP contribution in [0.2, 0.25) is 0 Å². The molecule has 2 aromatic heterocycles. The van der Waals surface area contributed by atoms with E-state index >= 15 is 0 Å². The number of carbonyl (C=O) groups excluding carboxylic acids is 1. The third kappa shape index (κ3) is 2.74. The molecule has 0 saturated carbocycles. The van der Waals surface area contributed by atoms with Gasteiger partial charge in [-0.3, -0.25) is 4.79 Å². The molecule has 0 aliphatic carbocycles. The zero-order chi connectivity index (χ0) is 16.5. The Bertz CT molecular complexity index is 893. The van der Waals surface area contributed by atoms with E-state index in [1.165, 1.54) is 11.3 Å². The van der Waals surface area contributed by atoms with Gasteiger partial charge in [0.15, 0.2) is 0 Å². The van der Waals surface area contributed by atoms with E-state index in [0.717, 1.165) is 21.8 Å². The van der Waals surface area contributed by atoms with Crippen LogP contribution < -0.4 is 5.73 Å². The number of fused-ring (bicyclic) bond motifs is 1. The summed E-state index contributed by atoms with van der Waals surface area (Å²) in [7, 11) is 0. The van der Waals surface area contributed by atoms with Crippen molar-refractivity contribution in [2.45, 2.75) is 13.0 Å². The predicted octanol–water partition coefficient (Wildman–Crippen LogP) is 2.38. The molecule has 2 N–H and O–H groups in total. The maximum Gasteiger partial charge on any atom is 0.265 e. The Kier molecular flexibility index (Phi) is 3.70. The molecule has 1 amide bonds. The fraction of sp³-hybridized carbons (Fsp3) is 0.176. The highest BCUT2D eigenvalue weighted by Crippen LogP contribution is 2.27. The van der Waals surface area contributed by atoms with Crippen LogP contribution in [-0.2, 0) is 13.0 Å². The molecule has 0 radical (unpaired) electrons. The van der Waals surface area contributed by atoms with Gasteiger partial charge in [-0.2, -0.15) is 5.10 Å². The third-order valence-electron chi connectivity index (χ3n) is 3.98. The van der Waals surface area contributed by atoms with E-state index in [2.05, 4.69) is 15.2 Å².